The smallest absolute Gasteiger partial charge is 0.0459 e. The summed E-state index contributed by atoms with van der Waals surface area (Å²) in [5, 5.41) is 13.0. The van der Waals surface area contributed by atoms with Crippen LogP contribution in [0.1, 0.15) is 64.7 Å². The molecule has 100 valence electrons. The quantitative estimate of drug-likeness (QED) is 0.790. The molecule has 1 unspecified atom stereocenters. The number of hydrogen-bond acceptors (Lipinski definition) is 2. The van der Waals surface area contributed by atoms with Gasteiger partial charge in [0, 0.05) is 18.7 Å². The molecular weight excluding hydrogens is 210 g/mol. The zero-order chi connectivity index (χ0) is 12.1. The minimum absolute atomic E-state index is 0.394. The molecule has 0 spiro atoms. The van der Waals surface area contributed by atoms with E-state index in [4.69, 9.17) is 5.11 Å². The SMILES string of the molecule is CC(NC1CCC(CO)CC1)C1CCCCC1. The lowest BCUT2D eigenvalue weighted by Crippen LogP contribution is -2.43. The molecule has 0 aromatic heterocycles. The average molecular weight is 239 g/mol. The number of nitrogens with one attached hydrogen (secondary N) is 1. The largest absolute Gasteiger partial charge is 0.396 e. The minimum atomic E-state index is 0.394. The molecule has 0 saturated heterocycles. The lowest BCUT2D eigenvalue weighted by molar-refractivity contribution is 0.164. The Morgan fingerprint density at radius 1 is 1.00 bits per heavy atom. The lowest BCUT2D eigenvalue weighted by Gasteiger charge is -2.34. The van der Waals surface area contributed by atoms with E-state index in [9.17, 15) is 0 Å². The number of aliphatic hydroxyl groups is 1. The third kappa shape index (κ3) is 3.96. The fourth-order valence-electron chi connectivity index (χ4n) is 3.65. The van der Waals surface area contributed by atoms with Gasteiger partial charge in [0.1, 0.15) is 0 Å². The van der Waals surface area contributed by atoms with Crippen molar-refractivity contribution in [2.45, 2.75) is 76.8 Å². The van der Waals surface area contributed by atoms with Gasteiger partial charge < -0.3 is 10.4 Å². The van der Waals surface area contributed by atoms with Gasteiger partial charge in [-0.15, -0.1) is 0 Å². The van der Waals surface area contributed by atoms with Crippen LogP contribution in [0.15, 0.2) is 0 Å². The molecule has 0 aromatic carbocycles. The van der Waals surface area contributed by atoms with Crippen LogP contribution in [-0.2, 0) is 0 Å². The van der Waals surface area contributed by atoms with Crippen LogP contribution in [0.3, 0.4) is 0 Å². The zero-order valence-electron chi connectivity index (χ0n) is 11.3. The maximum atomic E-state index is 9.14. The predicted octanol–water partition coefficient (Wildman–Crippen LogP) is 3.10. The Hall–Kier alpha value is -0.0800. The fourth-order valence-corrected chi connectivity index (χ4v) is 3.65. The van der Waals surface area contributed by atoms with Crippen molar-refractivity contribution >= 4 is 0 Å². The Morgan fingerprint density at radius 2 is 1.65 bits per heavy atom. The van der Waals surface area contributed by atoms with Crippen molar-refractivity contribution in [1.29, 1.82) is 0 Å². The second kappa shape index (κ2) is 6.75. The molecule has 2 aliphatic carbocycles. The van der Waals surface area contributed by atoms with Crippen molar-refractivity contribution in [3.05, 3.63) is 0 Å². The molecule has 0 aliphatic heterocycles. The first-order valence-corrected chi connectivity index (χ1v) is 7.66. The first kappa shape index (κ1) is 13.4. The van der Waals surface area contributed by atoms with Crippen LogP contribution in [-0.4, -0.2) is 23.8 Å². The summed E-state index contributed by atoms with van der Waals surface area (Å²) in [6.45, 7) is 2.78. The van der Waals surface area contributed by atoms with E-state index in [1.807, 2.05) is 0 Å². The van der Waals surface area contributed by atoms with E-state index in [2.05, 4.69) is 12.2 Å². The predicted molar refractivity (Wildman–Crippen MR) is 72.0 cm³/mol. The van der Waals surface area contributed by atoms with Crippen LogP contribution < -0.4 is 5.32 Å². The normalized spacial score (nSPS) is 33.5. The van der Waals surface area contributed by atoms with Gasteiger partial charge in [-0.2, -0.15) is 0 Å². The number of hydrogen-bond donors (Lipinski definition) is 2. The summed E-state index contributed by atoms with van der Waals surface area (Å²) in [5.74, 6) is 1.50. The van der Waals surface area contributed by atoms with Crippen molar-refractivity contribution in [2.24, 2.45) is 11.8 Å². The lowest BCUT2D eigenvalue weighted by atomic mass is 9.82. The molecule has 0 radical (unpaired) electrons. The van der Waals surface area contributed by atoms with E-state index in [1.165, 1.54) is 57.8 Å². The third-order valence-electron chi connectivity index (χ3n) is 4.96. The van der Waals surface area contributed by atoms with Crippen LogP contribution >= 0.6 is 0 Å². The number of aliphatic hydroxyl groups excluding tert-OH is 1. The molecule has 2 N–H and O–H groups in total. The van der Waals surface area contributed by atoms with Crippen molar-refractivity contribution in [1.82, 2.24) is 5.32 Å². The number of rotatable bonds is 4. The molecule has 0 aromatic rings. The molecule has 0 bridgehead atoms. The Labute approximate surface area is 106 Å². The van der Waals surface area contributed by atoms with Crippen molar-refractivity contribution < 1.29 is 5.11 Å². The molecule has 2 nitrogen and oxygen atoms in total. The molecule has 17 heavy (non-hydrogen) atoms. The van der Waals surface area contributed by atoms with Crippen molar-refractivity contribution in [3.63, 3.8) is 0 Å². The Bertz CT molecular complexity index is 205. The maximum absolute atomic E-state index is 9.14. The molecule has 2 heteroatoms. The third-order valence-corrected chi connectivity index (χ3v) is 4.96. The van der Waals surface area contributed by atoms with E-state index < -0.39 is 0 Å². The fraction of sp³-hybridized carbons (Fsp3) is 1.00. The Balaban J connectivity index is 1.69. The highest BCUT2D eigenvalue weighted by atomic mass is 16.3. The maximum Gasteiger partial charge on any atom is 0.0459 e. The summed E-state index contributed by atoms with van der Waals surface area (Å²) in [7, 11) is 0. The van der Waals surface area contributed by atoms with E-state index in [0.717, 1.165) is 12.0 Å². The van der Waals surface area contributed by atoms with E-state index >= 15 is 0 Å². The van der Waals surface area contributed by atoms with Crippen LogP contribution in [0, 0.1) is 11.8 Å². The van der Waals surface area contributed by atoms with Gasteiger partial charge >= 0.3 is 0 Å². The summed E-state index contributed by atoms with van der Waals surface area (Å²) >= 11 is 0. The van der Waals surface area contributed by atoms with Gasteiger partial charge in [0.25, 0.3) is 0 Å². The molecule has 0 amide bonds. The highest BCUT2D eigenvalue weighted by Crippen LogP contribution is 2.29. The Morgan fingerprint density at radius 3 is 2.24 bits per heavy atom. The van der Waals surface area contributed by atoms with Crippen LogP contribution in [0.4, 0.5) is 0 Å². The highest BCUT2D eigenvalue weighted by Gasteiger charge is 2.25. The van der Waals surface area contributed by atoms with Crippen LogP contribution in [0.5, 0.6) is 0 Å². The summed E-state index contributed by atoms with van der Waals surface area (Å²) in [5.41, 5.74) is 0. The molecule has 2 saturated carbocycles. The summed E-state index contributed by atoms with van der Waals surface area (Å²) < 4.78 is 0. The first-order chi connectivity index (χ1) is 8.29. The highest BCUT2D eigenvalue weighted by molar-refractivity contribution is 4.82. The molecule has 0 heterocycles. The first-order valence-electron chi connectivity index (χ1n) is 7.66. The molecule has 2 rings (SSSR count). The minimum Gasteiger partial charge on any atom is -0.396 e. The summed E-state index contributed by atoms with van der Waals surface area (Å²) in [4.78, 5) is 0. The van der Waals surface area contributed by atoms with Crippen molar-refractivity contribution in [2.75, 3.05) is 6.61 Å². The van der Waals surface area contributed by atoms with E-state index in [1.54, 1.807) is 0 Å². The molecule has 1 atom stereocenters. The van der Waals surface area contributed by atoms with Crippen LogP contribution in [0.2, 0.25) is 0 Å². The van der Waals surface area contributed by atoms with Crippen molar-refractivity contribution in [3.8, 4) is 0 Å². The molecule has 2 aliphatic rings. The second-order valence-corrected chi connectivity index (χ2v) is 6.25. The standard InChI is InChI=1S/C15H29NO/c1-12(14-5-3-2-4-6-14)16-15-9-7-13(11-17)8-10-15/h12-17H,2-11H2,1H3. The summed E-state index contributed by atoms with van der Waals surface area (Å²) in [6, 6.07) is 1.42. The van der Waals surface area contributed by atoms with Gasteiger partial charge in [-0.25, -0.2) is 0 Å². The summed E-state index contributed by atoms with van der Waals surface area (Å²) in [6.07, 6.45) is 12.1. The second-order valence-electron chi connectivity index (χ2n) is 6.25. The molecular formula is C15H29NO. The zero-order valence-corrected chi connectivity index (χ0v) is 11.3. The van der Waals surface area contributed by atoms with Gasteiger partial charge in [-0.3, -0.25) is 0 Å². The van der Waals surface area contributed by atoms with Gasteiger partial charge in [0.05, 0.1) is 0 Å². The van der Waals surface area contributed by atoms with E-state index in [0.29, 0.717) is 18.6 Å². The van der Waals surface area contributed by atoms with Gasteiger partial charge in [-0.05, 0) is 57.3 Å². The average Bonchev–Trinajstić information content (AvgIpc) is 2.40. The molecule has 2 fully saturated rings. The van der Waals surface area contributed by atoms with Crippen LogP contribution in [0.25, 0.3) is 0 Å². The topological polar surface area (TPSA) is 32.3 Å². The Kier molecular flexibility index (Phi) is 5.30. The monoisotopic (exact) mass is 239 g/mol. The van der Waals surface area contributed by atoms with Gasteiger partial charge in [-0.1, -0.05) is 19.3 Å². The van der Waals surface area contributed by atoms with Gasteiger partial charge in [0.2, 0.25) is 0 Å². The van der Waals surface area contributed by atoms with Gasteiger partial charge in [0.15, 0.2) is 0 Å². The van der Waals surface area contributed by atoms with E-state index in [-0.39, 0.29) is 0 Å².